The number of benzene rings is 1. The monoisotopic (exact) mass is 309 g/mol. The fraction of sp³-hybridized carbons (Fsp3) is 0.467. The van der Waals surface area contributed by atoms with E-state index in [9.17, 15) is 13.8 Å². The summed E-state index contributed by atoms with van der Waals surface area (Å²) in [7, 11) is -1.68. The Morgan fingerprint density at radius 3 is 2.52 bits per heavy atom. The molecule has 1 saturated carbocycles. The zero-order chi connectivity index (χ0) is 15.4. The first kappa shape index (κ1) is 15.7. The van der Waals surface area contributed by atoms with Gasteiger partial charge in [-0.3, -0.25) is 9.00 Å². The van der Waals surface area contributed by atoms with Crippen LogP contribution in [0.2, 0.25) is 0 Å². The average Bonchev–Trinajstić information content (AvgIpc) is 2.98. The van der Waals surface area contributed by atoms with Gasteiger partial charge in [0.25, 0.3) is 0 Å². The molecular weight excluding hydrogens is 290 g/mol. The first-order chi connectivity index (χ1) is 10.0. The Morgan fingerprint density at radius 2 is 1.90 bits per heavy atom. The lowest BCUT2D eigenvalue weighted by atomic mass is 10.2. The zero-order valence-corrected chi connectivity index (χ0v) is 12.7. The Kier molecular flexibility index (Phi) is 5.12. The van der Waals surface area contributed by atoms with Crippen molar-refractivity contribution >= 4 is 22.7 Å². The number of carbonyl (C=O) groups is 2. The summed E-state index contributed by atoms with van der Waals surface area (Å²) >= 11 is 0. The number of hydrogen-bond donors (Lipinski definition) is 2. The van der Waals surface area contributed by atoms with Gasteiger partial charge in [-0.2, -0.15) is 0 Å². The average molecular weight is 309 g/mol. The lowest BCUT2D eigenvalue weighted by molar-refractivity contribution is -0.121. The first-order valence-corrected chi connectivity index (χ1v) is 8.25. The smallest absolute Gasteiger partial charge is 0.336 e. The third-order valence-corrected chi connectivity index (χ3v) is 5.37. The Hall–Kier alpha value is -1.69. The zero-order valence-electron chi connectivity index (χ0n) is 11.9. The highest BCUT2D eigenvalue weighted by Gasteiger charge is 2.27. The fourth-order valence-corrected chi connectivity index (χ4v) is 3.72. The van der Waals surface area contributed by atoms with Gasteiger partial charge in [-0.25, -0.2) is 4.79 Å². The summed E-state index contributed by atoms with van der Waals surface area (Å²) in [5.41, 5.74) is -0.0173. The van der Waals surface area contributed by atoms with E-state index >= 15 is 0 Å². The summed E-state index contributed by atoms with van der Waals surface area (Å²) in [5.74, 6) is -1.41. The molecule has 2 N–H and O–H groups in total. The molecule has 1 aliphatic rings. The van der Waals surface area contributed by atoms with E-state index in [0.29, 0.717) is 0 Å². The fourth-order valence-electron chi connectivity index (χ4n) is 2.50. The quantitative estimate of drug-likeness (QED) is 0.870. The molecule has 0 spiro atoms. The SMILES string of the molecule is CC(C(=O)NC1CCCC1)S(=O)c1ccccc1C(=O)O. The Bertz CT molecular complexity index is 567. The van der Waals surface area contributed by atoms with Crippen molar-refractivity contribution in [3.05, 3.63) is 29.8 Å². The van der Waals surface area contributed by atoms with Crippen molar-refractivity contribution < 1.29 is 18.9 Å². The standard InChI is InChI=1S/C15H19NO4S/c1-10(14(17)16-11-6-2-3-7-11)21(20)13-9-5-4-8-12(13)15(18)19/h4-5,8-11H,2-3,6-7H2,1H3,(H,16,17)(H,18,19). The highest BCUT2D eigenvalue weighted by Crippen LogP contribution is 2.20. The van der Waals surface area contributed by atoms with Gasteiger partial charge in [0.2, 0.25) is 5.91 Å². The van der Waals surface area contributed by atoms with Crippen LogP contribution in [-0.4, -0.2) is 32.5 Å². The van der Waals surface area contributed by atoms with Gasteiger partial charge in [0.15, 0.2) is 0 Å². The highest BCUT2D eigenvalue weighted by atomic mass is 32.2. The predicted octanol–water partition coefficient (Wildman–Crippen LogP) is 1.94. The normalized spacial score (nSPS) is 18.1. The van der Waals surface area contributed by atoms with E-state index < -0.39 is 22.0 Å². The van der Waals surface area contributed by atoms with Crippen molar-refractivity contribution in [1.82, 2.24) is 5.32 Å². The molecular formula is C15H19NO4S. The predicted molar refractivity (Wildman–Crippen MR) is 79.7 cm³/mol. The van der Waals surface area contributed by atoms with Crippen LogP contribution in [0.5, 0.6) is 0 Å². The second-order valence-electron chi connectivity index (χ2n) is 5.23. The molecule has 114 valence electrons. The van der Waals surface area contributed by atoms with Crippen molar-refractivity contribution in [2.75, 3.05) is 0 Å². The Morgan fingerprint density at radius 1 is 1.29 bits per heavy atom. The van der Waals surface area contributed by atoms with Gasteiger partial charge in [-0.05, 0) is 31.9 Å². The molecule has 2 unspecified atom stereocenters. The summed E-state index contributed by atoms with van der Waals surface area (Å²) in [6.07, 6.45) is 4.11. The highest BCUT2D eigenvalue weighted by molar-refractivity contribution is 7.86. The molecule has 2 rings (SSSR count). The third kappa shape index (κ3) is 3.69. The minimum absolute atomic E-state index is 0.0173. The number of carbonyl (C=O) groups excluding carboxylic acids is 1. The lowest BCUT2D eigenvalue weighted by Crippen LogP contribution is -2.40. The maximum atomic E-state index is 12.5. The van der Waals surface area contributed by atoms with Gasteiger partial charge in [-0.15, -0.1) is 0 Å². The van der Waals surface area contributed by atoms with E-state index in [1.807, 2.05) is 0 Å². The summed E-state index contributed by atoms with van der Waals surface area (Å²) in [6, 6.07) is 6.26. The number of rotatable bonds is 5. The molecule has 1 aromatic carbocycles. The van der Waals surface area contributed by atoms with E-state index in [1.165, 1.54) is 12.1 Å². The van der Waals surface area contributed by atoms with Crippen LogP contribution in [0.1, 0.15) is 43.0 Å². The van der Waals surface area contributed by atoms with E-state index in [2.05, 4.69) is 5.32 Å². The van der Waals surface area contributed by atoms with E-state index in [4.69, 9.17) is 5.11 Å². The van der Waals surface area contributed by atoms with E-state index in [1.54, 1.807) is 19.1 Å². The summed E-state index contributed by atoms with van der Waals surface area (Å²) < 4.78 is 12.5. The molecule has 6 heteroatoms. The molecule has 1 fully saturated rings. The number of hydrogen-bond acceptors (Lipinski definition) is 3. The van der Waals surface area contributed by atoms with Crippen LogP contribution in [-0.2, 0) is 15.6 Å². The van der Waals surface area contributed by atoms with Crippen molar-refractivity contribution in [2.24, 2.45) is 0 Å². The van der Waals surface area contributed by atoms with Gasteiger partial charge in [0.1, 0.15) is 5.25 Å². The van der Waals surface area contributed by atoms with Gasteiger partial charge in [0.05, 0.1) is 21.3 Å². The van der Waals surface area contributed by atoms with Gasteiger partial charge < -0.3 is 10.4 Å². The Labute approximate surface area is 126 Å². The van der Waals surface area contributed by atoms with Crippen LogP contribution in [0.4, 0.5) is 0 Å². The van der Waals surface area contributed by atoms with Crippen molar-refractivity contribution in [2.45, 2.75) is 48.8 Å². The molecule has 5 nitrogen and oxygen atoms in total. The molecule has 2 atom stereocenters. The van der Waals surface area contributed by atoms with Gasteiger partial charge in [-0.1, -0.05) is 25.0 Å². The molecule has 0 heterocycles. The van der Waals surface area contributed by atoms with Crippen molar-refractivity contribution in [3.8, 4) is 0 Å². The summed E-state index contributed by atoms with van der Waals surface area (Å²) in [6.45, 7) is 1.57. The molecule has 0 aliphatic heterocycles. The Balaban J connectivity index is 2.11. The number of aromatic carboxylic acids is 1. The minimum atomic E-state index is -1.68. The van der Waals surface area contributed by atoms with Crippen molar-refractivity contribution in [1.29, 1.82) is 0 Å². The maximum absolute atomic E-state index is 12.5. The van der Waals surface area contributed by atoms with Crippen LogP contribution in [0, 0.1) is 0 Å². The molecule has 0 saturated heterocycles. The summed E-state index contributed by atoms with van der Waals surface area (Å²) in [4.78, 5) is 23.5. The number of carboxylic acid groups (broad SMARTS) is 1. The molecule has 0 aromatic heterocycles. The van der Waals surface area contributed by atoms with Crippen LogP contribution < -0.4 is 5.32 Å². The number of carboxylic acids is 1. The molecule has 1 aliphatic carbocycles. The summed E-state index contributed by atoms with van der Waals surface area (Å²) in [5, 5.41) is 11.3. The molecule has 0 radical (unpaired) electrons. The number of amides is 1. The van der Waals surface area contributed by atoms with Gasteiger partial charge in [0, 0.05) is 6.04 Å². The maximum Gasteiger partial charge on any atom is 0.336 e. The van der Waals surface area contributed by atoms with Crippen molar-refractivity contribution in [3.63, 3.8) is 0 Å². The lowest BCUT2D eigenvalue weighted by Gasteiger charge is -2.17. The molecule has 1 amide bonds. The molecule has 1 aromatic rings. The van der Waals surface area contributed by atoms with Crippen LogP contribution in [0.3, 0.4) is 0 Å². The first-order valence-electron chi connectivity index (χ1n) is 7.04. The molecule has 21 heavy (non-hydrogen) atoms. The second-order valence-corrected chi connectivity index (χ2v) is 6.97. The minimum Gasteiger partial charge on any atom is -0.478 e. The third-order valence-electron chi connectivity index (χ3n) is 3.73. The van der Waals surface area contributed by atoms with Crippen LogP contribution >= 0.6 is 0 Å². The van der Waals surface area contributed by atoms with E-state index in [-0.39, 0.29) is 22.4 Å². The molecule has 0 bridgehead atoms. The van der Waals surface area contributed by atoms with Gasteiger partial charge >= 0.3 is 5.97 Å². The van der Waals surface area contributed by atoms with Crippen LogP contribution in [0.15, 0.2) is 29.2 Å². The number of nitrogens with one attached hydrogen (secondary N) is 1. The van der Waals surface area contributed by atoms with Crippen LogP contribution in [0.25, 0.3) is 0 Å². The topological polar surface area (TPSA) is 83.5 Å². The largest absolute Gasteiger partial charge is 0.478 e. The second kappa shape index (κ2) is 6.85. The van der Waals surface area contributed by atoms with E-state index in [0.717, 1.165) is 25.7 Å².